The minimum atomic E-state index is -1.19. The van der Waals surface area contributed by atoms with Crippen molar-refractivity contribution in [2.24, 2.45) is 0 Å². The number of ether oxygens (including phenoxy) is 2. The van der Waals surface area contributed by atoms with Crippen molar-refractivity contribution in [1.82, 2.24) is 10.3 Å². The number of aromatic nitrogens is 1. The van der Waals surface area contributed by atoms with Gasteiger partial charge >= 0.3 is 0 Å². The minimum absolute atomic E-state index is 0.195. The van der Waals surface area contributed by atoms with Crippen LogP contribution >= 0.6 is 0 Å². The van der Waals surface area contributed by atoms with Crippen molar-refractivity contribution < 1.29 is 32.3 Å². The monoisotopic (exact) mass is 592 g/mol. The minimum Gasteiger partial charge on any atom is -0.494 e. The molecule has 0 spiro atoms. The van der Waals surface area contributed by atoms with Gasteiger partial charge in [0.15, 0.2) is 34.5 Å². The van der Waals surface area contributed by atoms with Crippen LogP contribution in [-0.2, 0) is 4.79 Å². The molecule has 224 valence electrons. The van der Waals surface area contributed by atoms with Crippen LogP contribution in [0.4, 0.5) is 37.3 Å². The third-order valence-electron chi connectivity index (χ3n) is 7.02. The number of hydrogen-bond acceptors (Lipinski definition) is 10. The molecule has 0 radical (unpaired) electrons. The summed E-state index contributed by atoms with van der Waals surface area (Å²) in [7, 11) is 3.93. The Morgan fingerprint density at radius 3 is 2.40 bits per heavy atom. The largest absolute Gasteiger partial charge is 0.494 e. The molecule has 0 aliphatic carbocycles. The molecule has 43 heavy (non-hydrogen) atoms. The van der Waals surface area contributed by atoms with Gasteiger partial charge in [-0.3, -0.25) is 9.59 Å². The first-order valence-electron chi connectivity index (χ1n) is 13.3. The predicted molar refractivity (Wildman–Crippen MR) is 160 cm³/mol. The molecule has 4 aromatic rings. The number of amides is 1. The Bertz CT molecular complexity index is 1690. The van der Waals surface area contributed by atoms with E-state index in [9.17, 15) is 9.59 Å². The first-order chi connectivity index (χ1) is 20.8. The zero-order chi connectivity index (χ0) is 30.7. The maximum Gasteiger partial charge on any atom is 0.247 e. The summed E-state index contributed by atoms with van der Waals surface area (Å²) in [4.78, 5) is 32.3. The molecular weight excluding hydrogens is 562 g/mol. The van der Waals surface area contributed by atoms with Crippen LogP contribution in [0.15, 0.2) is 53.6 Å². The summed E-state index contributed by atoms with van der Waals surface area (Å²) in [6, 6.07) is 8.27. The van der Waals surface area contributed by atoms with Crippen molar-refractivity contribution in [3.05, 3.63) is 72.1 Å². The molecule has 4 N–H and O–H groups in total. The molecule has 11 nitrogen and oxygen atoms in total. The molecule has 0 atom stereocenters. The maximum absolute atomic E-state index is 15.1. The van der Waals surface area contributed by atoms with Crippen molar-refractivity contribution in [1.29, 1.82) is 0 Å². The van der Waals surface area contributed by atoms with Crippen LogP contribution < -0.4 is 35.6 Å². The topological polar surface area (TPSA) is 130 Å². The molecule has 2 aromatic carbocycles. The summed E-state index contributed by atoms with van der Waals surface area (Å²) in [6.45, 7) is 6.89. The highest BCUT2D eigenvalue weighted by molar-refractivity contribution is 6.15. The van der Waals surface area contributed by atoms with Crippen molar-refractivity contribution in [2.75, 3.05) is 68.3 Å². The summed E-state index contributed by atoms with van der Waals surface area (Å²) in [5, 5.41) is 12.7. The Balaban J connectivity index is 1.52. The lowest BCUT2D eigenvalue weighted by Gasteiger charge is -2.30. The number of fused-ring (bicyclic) bond motifs is 1. The van der Waals surface area contributed by atoms with E-state index in [0.717, 1.165) is 37.9 Å². The first kappa shape index (κ1) is 29.3. The van der Waals surface area contributed by atoms with E-state index in [2.05, 4.69) is 37.7 Å². The van der Waals surface area contributed by atoms with Crippen LogP contribution in [0.2, 0.25) is 0 Å². The van der Waals surface area contributed by atoms with Gasteiger partial charge in [0, 0.05) is 50.4 Å². The van der Waals surface area contributed by atoms with Crippen LogP contribution in [0.1, 0.15) is 16.1 Å². The van der Waals surface area contributed by atoms with Crippen molar-refractivity contribution >= 4 is 51.2 Å². The number of benzene rings is 2. The number of furan rings is 1. The third-order valence-corrected chi connectivity index (χ3v) is 7.02. The second kappa shape index (κ2) is 12.4. The number of piperazine rings is 1. The molecule has 1 fully saturated rings. The van der Waals surface area contributed by atoms with E-state index in [0.29, 0.717) is 22.6 Å². The van der Waals surface area contributed by atoms with Gasteiger partial charge in [-0.25, -0.2) is 13.8 Å². The first-order valence-corrected chi connectivity index (χ1v) is 13.3. The number of hydrogen-bond donors (Lipinski definition) is 4. The highest BCUT2D eigenvalue weighted by Crippen LogP contribution is 2.38. The standard InChI is InChI=1S/C30H30F2N6O5/c1-5-24(39)37-19-12-16(38-10-8-34-9-11-38)6-7-18(19)36-23-13-17-22(15-35-23)43-30(28(17)33-2)29(40)25-26(31)20(41-3)14-21(42-4)27(25)32/h5-7,12-15,33-34H,1,8-11H2,2-4H3,(H,35,36)(H,37,39). The zero-order valence-electron chi connectivity index (χ0n) is 23.8. The molecule has 1 amide bonds. The third kappa shape index (κ3) is 5.66. The number of nitrogens with one attached hydrogen (secondary N) is 4. The summed E-state index contributed by atoms with van der Waals surface area (Å²) < 4.78 is 45.9. The molecule has 2 aromatic heterocycles. The highest BCUT2D eigenvalue weighted by atomic mass is 19.1. The van der Waals surface area contributed by atoms with E-state index in [-0.39, 0.29) is 34.4 Å². The smallest absolute Gasteiger partial charge is 0.247 e. The van der Waals surface area contributed by atoms with Crippen LogP contribution in [0.5, 0.6) is 11.5 Å². The molecule has 5 rings (SSSR count). The summed E-state index contributed by atoms with van der Waals surface area (Å²) in [5.74, 6) is -4.51. The Labute approximate surface area is 245 Å². The van der Waals surface area contributed by atoms with Gasteiger partial charge in [0.05, 0.1) is 37.5 Å². The lowest BCUT2D eigenvalue weighted by molar-refractivity contribution is -0.111. The van der Waals surface area contributed by atoms with E-state index in [1.807, 2.05) is 18.2 Å². The quantitative estimate of drug-likeness (QED) is 0.152. The second-order valence-corrected chi connectivity index (χ2v) is 9.52. The average molecular weight is 593 g/mol. The fourth-order valence-electron chi connectivity index (χ4n) is 4.86. The number of anilines is 5. The molecule has 0 unspecified atom stereocenters. The Morgan fingerprint density at radius 1 is 1.07 bits per heavy atom. The molecule has 0 bridgehead atoms. The Morgan fingerprint density at radius 2 is 1.77 bits per heavy atom. The van der Waals surface area contributed by atoms with Crippen LogP contribution in [0.3, 0.4) is 0 Å². The number of ketones is 1. The SMILES string of the molecule is C=CC(=O)Nc1cc(N2CCNCC2)ccc1Nc1cc2c(NC)c(C(=O)c3c(F)c(OC)cc(OC)c3F)oc2cn1. The zero-order valence-corrected chi connectivity index (χ0v) is 23.8. The second-order valence-electron chi connectivity index (χ2n) is 9.52. The molecular formula is C30H30F2N6O5. The number of halogens is 2. The molecule has 13 heteroatoms. The lowest BCUT2D eigenvalue weighted by Crippen LogP contribution is -2.43. The van der Waals surface area contributed by atoms with Crippen molar-refractivity contribution in [3.8, 4) is 11.5 Å². The fraction of sp³-hybridized carbons (Fsp3) is 0.233. The highest BCUT2D eigenvalue weighted by Gasteiger charge is 2.31. The van der Waals surface area contributed by atoms with Crippen LogP contribution in [-0.4, -0.2) is 64.1 Å². The number of carbonyl (C=O) groups excluding carboxylic acids is 2. The van der Waals surface area contributed by atoms with Gasteiger partial charge in [0.1, 0.15) is 11.4 Å². The van der Waals surface area contributed by atoms with Crippen molar-refractivity contribution in [2.45, 2.75) is 0 Å². The van der Waals surface area contributed by atoms with Crippen LogP contribution in [0.25, 0.3) is 11.0 Å². The van der Waals surface area contributed by atoms with E-state index >= 15 is 8.78 Å². The molecule has 0 saturated carbocycles. The van der Waals surface area contributed by atoms with Crippen molar-refractivity contribution in [3.63, 3.8) is 0 Å². The van der Waals surface area contributed by atoms with E-state index in [1.165, 1.54) is 26.5 Å². The van der Waals surface area contributed by atoms with E-state index in [1.54, 1.807) is 13.1 Å². The van der Waals surface area contributed by atoms with Gasteiger partial charge in [-0.2, -0.15) is 0 Å². The van der Waals surface area contributed by atoms with Gasteiger partial charge in [-0.05, 0) is 30.3 Å². The maximum atomic E-state index is 15.1. The van der Waals surface area contributed by atoms with Gasteiger partial charge in [-0.1, -0.05) is 6.58 Å². The summed E-state index contributed by atoms with van der Waals surface area (Å²) in [5.41, 5.74) is 1.52. The number of carbonyl (C=O) groups is 2. The fourth-order valence-corrected chi connectivity index (χ4v) is 4.86. The number of nitrogens with zero attached hydrogens (tertiary/aromatic N) is 2. The predicted octanol–water partition coefficient (Wildman–Crippen LogP) is 4.67. The van der Waals surface area contributed by atoms with Gasteiger partial charge < -0.3 is 40.1 Å². The Hall–Kier alpha value is -5.17. The van der Waals surface area contributed by atoms with Crippen LogP contribution in [0, 0.1) is 11.6 Å². The normalized spacial score (nSPS) is 13.0. The summed E-state index contributed by atoms with van der Waals surface area (Å²) in [6.07, 6.45) is 2.56. The summed E-state index contributed by atoms with van der Waals surface area (Å²) >= 11 is 0. The lowest BCUT2D eigenvalue weighted by atomic mass is 10.0. The van der Waals surface area contributed by atoms with Gasteiger partial charge in [0.25, 0.3) is 0 Å². The number of pyridine rings is 1. The number of methoxy groups -OCH3 is 2. The average Bonchev–Trinajstić information content (AvgIpc) is 3.40. The van der Waals surface area contributed by atoms with Gasteiger partial charge in [0.2, 0.25) is 11.7 Å². The van der Waals surface area contributed by atoms with E-state index < -0.39 is 23.0 Å². The number of rotatable bonds is 10. The Kier molecular flexibility index (Phi) is 8.44. The molecule has 3 heterocycles. The molecule has 1 aliphatic rings. The van der Waals surface area contributed by atoms with Gasteiger partial charge in [-0.15, -0.1) is 0 Å². The van der Waals surface area contributed by atoms with E-state index in [4.69, 9.17) is 13.9 Å². The molecule has 1 saturated heterocycles. The molecule has 1 aliphatic heterocycles.